The van der Waals surface area contributed by atoms with Crippen LogP contribution in [0.3, 0.4) is 0 Å². The van der Waals surface area contributed by atoms with Gasteiger partial charge >= 0.3 is 5.97 Å². The van der Waals surface area contributed by atoms with E-state index in [1.807, 2.05) is 52.0 Å². The van der Waals surface area contributed by atoms with Crippen LogP contribution in [0.5, 0.6) is 0 Å². The van der Waals surface area contributed by atoms with Crippen molar-refractivity contribution >= 4 is 11.9 Å². The second kappa shape index (κ2) is 5.51. The van der Waals surface area contributed by atoms with E-state index in [0.717, 1.165) is 11.1 Å². The quantitative estimate of drug-likeness (QED) is 0.910. The molecule has 0 spiro atoms. The van der Waals surface area contributed by atoms with Gasteiger partial charge in [0, 0.05) is 12.0 Å². The molecule has 1 aliphatic heterocycles. The van der Waals surface area contributed by atoms with Crippen LogP contribution in [0.4, 0.5) is 0 Å². The molecule has 2 atom stereocenters. The number of likely N-dealkylation sites (tertiary alicyclic amines) is 1. The van der Waals surface area contributed by atoms with Gasteiger partial charge in [0.2, 0.25) is 5.91 Å². The van der Waals surface area contributed by atoms with E-state index in [9.17, 15) is 14.7 Å². The number of amides is 1. The largest absolute Gasteiger partial charge is 0.481 e. The fourth-order valence-electron chi connectivity index (χ4n) is 3.09. The zero-order chi connectivity index (χ0) is 15.8. The number of hydrogen-bond donors (Lipinski definition) is 1. The van der Waals surface area contributed by atoms with Gasteiger partial charge in [-0.25, -0.2) is 0 Å². The summed E-state index contributed by atoms with van der Waals surface area (Å²) in [4.78, 5) is 25.8. The number of carbonyl (C=O) groups is 2. The van der Waals surface area contributed by atoms with E-state index in [0.29, 0.717) is 12.8 Å². The first-order valence-corrected chi connectivity index (χ1v) is 7.33. The smallest absolute Gasteiger partial charge is 0.308 e. The molecule has 1 aromatic rings. The molecule has 0 radical (unpaired) electrons. The number of hydrogen-bond acceptors (Lipinski definition) is 2. The van der Waals surface area contributed by atoms with Crippen molar-refractivity contribution in [3.8, 4) is 0 Å². The molecule has 4 nitrogen and oxygen atoms in total. The number of aliphatic carboxylic acids is 1. The van der Waals surface area contributed by atoms with E-state index in [1.54, 1.807) is 4.90 Å². The maximum atomic E-state index is 12.4. The zero-order valence-electron chi connectivity index (χ0n) is 13.1. The molecule has 21 heavy (non-hydrogen) atoms. The predicted octanol–water partition coefficient (Wildman–Crippen LogP) is 3.16. The van der Waals surface area contributed by atoms with Gasteiger partial charge in [-0.15, -0.1) is 0 Å². The molecular formula is C17H23NO3. The highest BCUT2D eigenvalue weighted by molar-refractivity contribution is 5.82. The predicted molar refractivity (Wildman–Crippen MR) is 80.9 cm³/mol. The fourth-order valence-corrected chi connectivity index (χ4v) is 3.09. The van der Waals surface area contributed by atoms with Crippen LogP contribution in [0.1, 0.15) is 50.8 Å². The molecule has 1 saturated heterocycles. The molecule has 0 bridgehead atoms. The van der Waals surface area contributed by atoms with E-state index < -0.39 is 23.5 Å². The van der Waals surface area contributed by atoms with Gasteiger partial charge < -0.3 is 10.0 Å². The number of nitrogens with zero attached hydrogens (tertiary/aromatic N) is 1. The molecule has 0 saturated carbocycles. The van der Waals surface area contributed by atoms with Crippen LogP contribution < -0.4 is 0 Å². The monoisotopic (exact) mass is 289 g/mol. The lowest BCUT2D eigenvalue weighted by Gasteiger charge is -2.47. The third-order valence-corrected chi connectivity index (χ3v) is 4.06. The third kappa shape index (κ3) is 3.09. The number of carbonyl (C=O) groups excluding carboxylic acids is 1. The molecule has 1 fully saturated rings. The highest BCUT2D eigenvalue weighted by Gasteiger charge is 2.44. The molecule has 1 N–H and O–H groups in total. The number of piperidine rings is 1. The molecule has 2 unspecified atom stereocenters. The Morgan fingerprint density at radius 1 is 1.24 bits per heavy atom. The maximum absolute atomic E-state index is 12.4. The van der Waals surface area contributed by atoms with Crippen LogP contribution in [-0.2, 0) is 9.59 Å². The summed E-state index contributed by atoms with van der Waals surface area (Å²) < 4.78 is 0. The van der Waals surface area contributed by atoms with Gasteiger partial charge in [0.05, 0.1) is 12.0 Å². The minimum atomic E-state index is -0.831. The van der Waals surface area contributed by atoms with Crippen LogP contribution >= 0.6 is 0 Å². The number of rotatable bonds is 2. The van der Waals surface area contributed by atoms with E-state index in [2.05, 4.69) is 0 Å². The lowest BCUT2D eigenvalue weighted by molar-refractivity contribution is -0.156. The number of carboxylic acids is 1. The molecule has 1 aromatic carbocycles. The van der Waals surface area contributed by atoms with E-state index >= 15 is 0 Å². The Morgan fingerprint density at radius 3 is 2.29 bits per heavy atom. The van der Waals surface area contributed by atoms with Crippen LogP contribution in [0.25, 0.3) is 0 Å². The van der Waals surface area contributed by atoms with Gasteiger partial charge in [0.25, 0.3) is 0 Å². The number of benzene rings is 1. The molecule has 4 heteroatoms. The first-order valence-electron chi connectivity index (χ1n) is 7.33. The SMILES string of the molecule is Cc1ccc(C2C(C(=O)O)CCC(=O)N2C(C)(C)C)cc1. The third-order valence-electron chi connectivity index (χ3n) is 4.06. The van der Waals surface area contributed by atoms with Crippen molar-refractivity contribution in [1.82, 2.24) is 4.90 Å². The molecule has 1 aliphatic rings. The van der Waals surface area contributed by atoms with E-state index in [-0.39, 0.29) is 5.91 Å². The summed E-state index contributed by atoms with van der Waals surface area (Å²) in [5, 5.41) is 9.56. The first kappa shape index (κ1) is 15.5. The van der Waals surface area contributed by atoms with Crippen molar-refractivity contribution in [2.45, 2.75) is 52.1 Å². The Morgan fingerprint density at radius 2 is 1.81 bits per heavy atom. The second-order valence-corrected chi connectivity index (χ2v) is 6.77. The Bertz CT molecular complexity index is 542. The number of carboxylic acid groups (broad SMARTS) is 1. The Balaban J connectivity index is 2.51. The van der Waals surface area contributed by atoms with Gasteiger partial charge in [-0.05, 0) is 39.7 Å². The number of aryl methyl sites for hydroxylation is 1. The van der Waals surface area contributed by atoms with Crippen LogP contribution in [0.15, 0.2) is 24.3 Å². The Kier molecular flexibility index (Phi) is 4.08. The Labute approximate surface area is 125 Å². The normalized spacial score (nSPS) is 23.2. The summed E-state index contributed by atoms with van der Waals surface area (Å²) in [5.74, 6) is -1.35. The van der Waals surface area contributed by atoms with Gasteiger partial charge in [-0.3, -0.25) is 9.59 Å². The molecule has 1 amide bonds. The summed E-state index contributed by atoms with van der Waals surface area (Å²) in [6.45, 7) is 7.86. The lowest BCUT2D eigenvalue weighted by Crippen LogP contribution is -2.53. The molecule has 2 rings (SSSR count). The first-order chi connectivity index (χ1) is 9.71. The minimum Gasteiger partial charge on any atom is -0.481 e. The maximum Gasteiger partial charge on any atom is 0.308 e. The average Bonchev–Trinajstić information content (AvgIpc) is 2.37. The summed E-state index contributed by atoms with van der Waals surface area (Å²) >= 11 is 0. The van der Waals surface area contributed by atoms with Gasteiger partial charge in [-0.2, -0.15) is 0 Å². The van der Waals surface area contributed by atoms with Crippen molar-refractivity contribution in [2.24, 2.45) is 5.92 Å². The van der Waals surface area contributed by atoms with E-state index in [1.165, 1.54) is 0 Å². The van der Waals surface area contributed by atoms with Crippen LogP contribution in [0, 0.1) is 12.8 Å². The van der Waals surface area contributed by atoms with E-state index in [4.69, 9.17) is 0 Å². The van der Waals surface area contributed by atoms with Crippen LogP contribution in [-0.4, -0.2) is 27.4 Å². The second-order valence-electron chi connectivity index (χ2n) is 6.77. The summed E-state index contributed by atoms with van der Waals surface area (Å²) in [5.41, 5.74) is 1.62. The average molecular weight is 289 g/mol. The van der Waals surface area contributed by atoms with Gasteiger partial charge in [-0.1, -0.05) is 29.8 Å². The highest BCUT2D eigenvalue weighted by atomic mass is 16.4. The fraction of sp³-hybridized carbons (Fsp3) is 0.529. The van der Waals surface area contributed by atoms with Crippen molar-refractivity contribution in [2.75, 3.05) is 0 Å². The molecule has 114 valence electrons. The molecular weight excluding hydrogens is 266 g/mol. The Hall–Kier alpha value is -1.84. The molecule has 0 aliphatic carbocycles. The summed E-state index contributed by atoms with van der Waals surface area (Å²) in [7, 11) is 0. The van der Waals surface area contributed by atoms with Crippen molar-refractivity contribution in [1.29, 1.82) is 0 Å². The van der Waals surface area contributed by atoms with Gasteiger partial charge in [0.1, 0.15) is 0 Å². The van der Waals surface area contributed by atoms with Crippen molar-refractivity contribution in [3.63, 3.8) is 0 Å². The molecule has 1 heterocycles. The van der Waals surface area contributed by atoms with Crippen molar-refractivity contribution in [3.05, 3.63) is 35.4 Å². The summed E-state index contributed by atoms with van der Waals surface area (Å²) in [6.07, 6.45) is 0.704. The standard InChI is InChI=1S/C17H23NO3/c1-11-5-7-12(8-6-11)15-13(16(20)21)9-10-14(19)18(15)17(2,3)4/h5-8,13,15H,9-10H2,1-4H3,(H,20,21). The highest BCUT2D eigenvalue weighted by Crippen LogP contribution is 2.41. The lowest BCUT2D eigenvalue weighted by atomic mass is 9.81. The van der Waals surface area contributed by atoms with Gasteiger partial charge in [0.15, 0.2) is 0 Å². The zero-order valence-corrected chi connectivity index (χ0v) is 13.1. The summed E-state index contributed by atoms with van der Waals surface area (Å²) in [6, 6.07) is 7.41. The molecule has 0 aromatic heterocycles. The van der Waals surface area contributed by atoms with Crippen molar-refractivity contribution < 1.29 is 14.7 Å². The van der Waals surface area contributed by atoms with Crippen LogP contribution in [0.2, 0.25) is 0 Å². The minimum absolute atomic E-state index is 0.0329. The topological polar surface area (TPSA) is 57.6 Å².